The normalized spacial score (nSPS) is 11.1. The Bertz CT molecular complexity index is 685. The molecule has 6 nitrogen and oxygen atoms in total. The van der Waals surface area contributed by atoms with Crippen molar-refractivity contribution < 1.29 is 4.74 Å². The van der Waals surface area contributed by atoms with Gasteiger partial charge in [-0.3, -0.25) is 4.99 Å². The summed E-state index contributed by atoms with van der Waals surface area (Å²) in [4.78, 5) is 10.6. The quantitative estimate of drug-likeness (QED) is 0.628. The highest BCUT2D eigenvalue weighted by molar-refractivity contribution is 5.79. The maximum absolute atomic E-state index is 5.24. The lowest BCUT2D eigenvalue weighted by molar-refractivity contribution is 0.414. The Hall–Kier alpha value is -2.76. The van der Waals surface area contributed by atoms with Crippen LogP contribution >= 0.6 is 0 Å². The Kier molecular flexibility index (Phi) is 6.42. The molecule has 0 radical (unpaired) electrons. The minimum atomic E-state index is 0.677. The molecule has 1 aromatic carbocycles. The number of aromatic nitrogens is 1. The van der Waals surface area contributed by atoms with E-state index in [-0.39, 0.29) is 0 Å². The summed E-state index contributed by atoms with van der Waals surface area (Å²) in [5.74, 6) is 2.54. The van der Waals surface area contributed by atoms with Gasteiger partial charge >= 0.3 is 0 Å². The lowest BCUT2D eigenvalue weighted by Gasteiger charge is -2.14. The summed E-state index contributed by atoms with van der Waals surface area (Å²) < 4.78 is 5.24. The van der Waals surface area contributed by atoms with Crippen LogP contribution in [0.15, 0.2) is 47.6 Å². The van der Waals surface area contributed by atoms with Gasteiger partial charge in [0.1, 0.15) is 11.6 Å². The van der Waals surface area contributed by atoms with Crippen molar-refractivity contribution in [1.29, 1.82) is 0 Å². The first-order valence-corrected chi connectivity index (χ1v) is 7.82. The summed E-state index contributed by atoms with van der Waals surface area (Å²) in [6, 6.07) is 12.0. The molecule has 0 unspecified atom stereocenters. The molecule has 1 heterocycles. The molecule has 6 heteroatoms. The molecule has 0 aliphatic rings. The maximum atomic E-state index is 5.24. The number of hydrogen-bond donors (Lipinski definition) is 2. The van der Waals surface area contributed by atoms with E-state index < -0.39 is 0 Å². The van der Waals surface area contributed by atoms with Gasteiger partial charge in [0.05, 0.1) is 7.11 Å². The van der Waals surface area contributed by atoms with E-state index in [0.29, 0.717) is 13.1 Å². The minimum Gasteiger partial charge on any atom is -0.497 e. The topological polar surface area (TPSA) is 61.8 Å². The number of hydrogen-bond acceptors (Lipinski definition) is 4. The molecule has 0 saturated heterocycles. The molecule has 0 fully saturated rings. The Morgan fingerprint density at radius 1 is 1.12 bits per heavy atom. The van der Waals surface area contributed by atoms with Gasteiger partial charge in [0.2, 0.25) is 0 Å². The van der Waals surface area contributed by atoms with Gasteiger partial charge in [-0.1, -0.05) is 12.1 Å². The van der Waals surface area contributed by atoms with E-state index in [1.54, 1.807) is 14.2 Å². The molecule has 24 heavy (non-hydrogen) atoms. The van der Waals surface area contributed by atoms with Crippen molar-refractivity contribution in [2.45, 2.75) is 13.1 Å². The molecular weight excluding hydrogens is 302 g/mol. The smallest absolute Gasteiger partial charge is 0.191 e. The fraction of sp³-hybridized carbons (Fsp3) is 0.333. The van der Waals surface area contributed by atoms with Crippen LogP contribution in [0, 0.1) is 0 Å². The highest BCUT2D eigenvalue weighted by Gasteiger charge is 2.02. The van der Waals surface area contributed by atoms with Crippen LogP contribution in [-0.4, -0.2) is 39.2 Å². The molecule has 2 N–H and O–H groups in total. The minimum absolute atomic E-state index is 0.677. The van der Waals surface area contributed by atoms with Crippen molar-refractivity contribution in [3.05, 3.63) is 53.7 Å². The summed E-state index contributed by atoms with van der Waals surface area (Å²) >= 11 is 0. The van der Waals surface area contributed by atoms with Gasteiger partial charge in [-0.15, -0.1) is 0 Å². The molecule has 2 rings (SSSR count). The Balaban J connectivity index is 1.89. The maximum Gasteiger partial charge on any atom is 0.191 e. The highest BCUT2D eigenvalue weighted by Crippen LogP contribution is 2.12. The molecule has 1 aromatic heterocycles. The number of methoxy groups -OCH3 is 1. The molecule has 0 saturated carbocycles. The number of nitrogens with one attached hydrogen (secondary N) is 2. The third kappa shape index (κ3) is 5.15. The molecule has 128 valence electrons. The molecule has 0 amide bonds. The number of guanidine groups is 1. The number of aliphatic imine (C=N–C) groups is 1. The third-order valence-electron chi connectivity index (χ3n) is 3.55. The summed E-state index contributed by atoms with van der Waals surface area (Å²) in [5, 5.41) is 6.61. The molecular formula is C18H25N5O. The van der Waals surface area contributed by atoms with Crippen molar-refractivity contribution in [2.24, 2.45) is 4.99 Å². The monoisotopic (exact) mass is 327 g/mol. The van der Waals surface area contributed by atoms with E-state index in [2.05, 4.69) is 32.7 Å². The molecule has 0 spiro atoms. The molecule has 0 aliphatic heterocycles. The molecule has 0 aliphatic carbocycles. The zero-order valence-corrected chi connectivity index (χ0v) is 14.7. The molecule has 0 bridgehead atoms. The van der Waals surface area contributed by atoms with Gasteiger partial charge in [0, 0.05) is 40.4 Å². The van der Waals surface area contributed by atoms with Crippen LogP contribution in [0.2, 0.25) is 0 Å². The van der Waals surface area contributed by atoms with Gasteiger partial charge < -0.3 is 20.3 Å². The van der Waals surface area contributed by atoms with E-state index >= 15 is 0 Å². The summed E-state index contributed by atoms with van der Waals surface area (Å²) in [7, 11) is 7.39. The van der Waals surface area contributed by atoms with Crippen LogP contribution in [0.4, 0.5) is 5.82 Å². The summed E-state index contributed by atoms with van der Waals surface area (Å²) in [5.41, 5.74) is 2.29. The van der Waals surface area contributed by atoms with E-state index in [0.717, 1.165) is 28.7 Å². The number of pyridine rings is 1. The first-order chi connectivity index (χ1) is 11.6. The van der Waals surface area contributed by atoms with Crippen molar-refractivity contribution in [3.8, 4) is 5.75 Å². The average Bonchev–Trinajstić information content (AvgIpc) is 2.62. The zero-order valence-electron chi connectivity index (χ0n) is 14.7. The van der Waals surface area contributed by atoms with Gasteiger partial charge in [0.25, 0.3) is 0 Å². The molecule has 2 aromatic rings. The number of anilines is 1. The Morgan fingerprint density at radius 2 is 1.83 bits per heavy atom. The summed E-state index contributed by atoms with van der Waals surface area (Å²) in [6.07, 6.45) is 1.82. The largest absolute Gasteiger partial charge is 0.497 e. The van der Waals surface area contributed by atoms with Gasteiger partial charge in [0.15, 0.2) is 5.96 Å². The lowest BCUT2D eigenvalue weighted by Crippen LogP contribution is -2.36. The van der Waals surface area contributed by atoms with Crippen LogP contribution in [0.1, 0.15) is 11.1 Å². The fourth-order valence-electron chi connectivity index (χ4n) is 2.19. The van der Waals surface area contributed by atoms with Crippen LogP contribution in [0.5, 0.6) is 5.75 Å². The van der Waals surface area contributed by atoms with Gasteiger partial charge in [-0.25, -0.2) is 4.98 Å². The lowest BCUT2D eigenvalue weighted by atomic mass is 10.2. The van der Waals surface area contributed by atoms with E-state index in [1.807, 2.05) is 49.5 Å². The predicted octanol–water partition coefficient (Wildman–Crippen LogP) is 2.02. The van der Waals surface area contributed by atoms with Crippen LogP contribution in [-0.2, 0) is 13.1 Å². The van der Waals surface area contributed by atoms with Crippen LogP contribution in [0.3, 0.4) is 0 Å². The van der Waals surface area contributed by atoms with Crippen molar-refractivity contribution >= 4 is 11.8 Å². The number of ether oxygens (including phenoxy) is 1. The molecule has 0 atom stereocenters. The first-order valence-electron chi connectivity index (χ1n) is 7.82. The summed E-state index contributed by atoms with van der Waals surface area (Å²) in [6.45, 7) is 1.36. The second kappa shape index (κ2) is 8.76. The van der Waals surface area contributed by atoms with Crippen LogP contribution < -0.4 is 20.3 Å². The van der Waals surface area contributed by atoms with E-state index in [9.17, 15) is 0 Å². The number of rotatable bonds is 6. The second-order valence-corrected chi connectivity index (χ2v) is 5.55. The third-order valence-corrected chi connectivity index (χ3v) is 3.55. The number of benzene rings is 1. The van der Waals surface area contributed by atoms with Crippen molar-refractivity contribution in [2.75, 3.05) is 33.2 Å². The SMILES string of the molecule is CN=C(NCc1cccc(OC)c1)NCc1ccnc(N(C)C)c1. The standard InChI is InChI=1S/C18H25N5O/c1-19-18(21-12-14-6-5-7-16(10-14)24-4)22-13-15-8-9-20-17(11-15)23(2)3/h5-11H,12-13H2,1-4H3,(H2,19,21,22). The fourth-order valence-corrected chi connectivity index (χ4v) is 2.19. The predicted molar refractivity (Wildman–Crippen MR) is 98.6 cm³/mol. The average molecular weight is 327 g/mol. The number of nitrogens with zero attached hydrogens (tertiary/aromatic N) is 3. The van der Waals surface area contributed by atoms with Gasteiger partial charge in [-0.05, 0) is 35.4 Å². The van der Waals surface area contributed by atoms with Crippen LogP contribution in [0.25, 0.3) is 0 Å². The van der Waals surface area contributed by atoms with E-state index in [4.69, 9.17) is 4.74 Å². The highest BCUT2D eigenvalue weighted by atomic mass is 16.5. The second-order valence-electron chi connectivity index (χ2n) is 5.55. The van der Waals surface area contributed by atoms with E-state index in [1.165, 1.54) is 0 Å². The van der Waals surface area contributed by atoms with Crippen molar-refractivity contribution in [1.82, 2.24) is 15.6 Å². The first kappa shape index (κ1) is 17.6. The zero-order chi connectivity index (χ0) is 17.4. The Morgan fingerprint density at radius 3 is 2.46 bits per heavy atom. The Labute approximate surface area is 143 Å². The van der Waals surface area contributed by atoms with Gasteiger partial charge in [-0.2, -0.15) is 0 Å². The van der Waals surface area contributed by atoms with Crippen molar-refractivity contribution in [3.63, 3.8) is 0 Å².